The third-order valence-corrected chi connectivity index (χ3v) is 1.92. The molecule has 0 aliphatic carbocycles. The monoisotopic (exact) mass is 238 g/mol. The number of carbonyl (C=O) groups excluding carboxylic acids is 2. The molecular weight excluding hydrogens is 224 g/mol. The standard InChI is InChI=1S/C11H14N2O4/c1-9(14)13(2)17-12-11(15)16-8-10-6-4-3-5-7-10/h3-7H,8H2,1-2H3,(H,12,15). The summed E-state index contributed by atoms with van der Waals surface area (Å²) in [7, 11) is 1.37. The predicted octanol–water partition coefficient (Wildman–Crippen LogP) is 1.24. The van der Waals surface area contributed by atoms with E-state index in [1.807, 2.05) is 35.8 Å². The van der Waals surface area contributed by atoms with Crippen molar-refractivity contribution in [3.8, 4) is 0 Å². The Morgan fingerprint density at radius 3 is 2.53 bits per heavy atom. The average molecular weight is 238 g/mol. The van der Waals surface area contributed by atoms with Crippen LogP contribution >= 0.6 is 0 Å². The first-order valence-electron chi connectivity index (χ1n) is 4.97. The number of ether oxygens (including phenoxy) is 1. The maximum Gasteiger partial charge on any atom is 0.433 e. The van der Waals surface area contributed by atoms with Crippen molar-refractivity contribution in [2.75, 3.05) is 7.05 Å². The number of hydrogen-bond acceptors (Lipinski definition) is 4. The van der Waals surface area contributed by atoms with Crippen LogP contribution in [0, 0.1) is 0 Å². The van der Waals surface area contributed by atoms with Crippen LogP contribution in [-0.2, 0) is 21.1 Å². The maximum atomic E-state index is 11.1. The fraction of sp³-hybridized carbons (Fsp3) is 0.273. The molecular formula is C11H14N2O4. The lowest BCUT2D eigenvalue weighted by molar-refractivity contribution is -0.196. The summed E-state index contributed by atoms with van der Waals surface area (Å²) in [5, 5.41) is 0.879. The van der Waals surface area contributed by atoms with Crippen molar-refractivity contribution in [3.63, 3.8) is 0 Å². The van der Waals surface area contributed by atoms with Crippen molar-refractivity contribution in [2.45, 2.75) is 13.5 Å². The molecule has 0 aliphatic heterocycles. The molecule has 6 nitrogen and oxygen atoms in total. The molecule has 1 N–H and O–H groups in total. The number of nitrogens with zero attached hydrogens (tertiary/aromatic N) is 1. The van der Waals surface area contributed by atoms with E-state index in [4.69, 9.17) is 4.74 Å². The summed E-state index contributed by atoms with van der Waals surface area (Å²) in [6, 6.07) is 9.22. The fourth-order valence-electron chi connectivity index (χ4n) is 0.923. The molecule has 0 fully saturated rings. The molecule has 2 amide bonds. The summed E-state index contributed by atoms with van der Waals surface area (Å²) >= 11 is 0. The summed E-state index contributed by atoms with van der Waals surface area (Å²) in [6.07, 6.45) is -0.762. The number of hydroxylamine groups is 3. The molecule has 1 aromatic carbocycles. The zero-order valence-corrected chi connectivity index (χ0v) is 9.67. The lowest BCUT2D eigenvalue weighted by Crippen LogP contribution is -2.35. The number of carbonyl (C=O) groups is 2. The molecule has 1 aromatic rings. The van der Waals surface area contributed by atoms with E-state index in [0.29, 0.717) is 0 Å². The number of hydrogen-bond donors (Lipinski definition) is 1. The fourth-order valence-corrected chi connectivity index (χ4v) is 0.923. The zero-order chi connectivity index (χ0) is 12.7. The lowest BCUT2D eigenvalue weighted by Gasteiger charge is -2.13. The van der Waals surface area contributed by atoms with Crippen molar-refractivity contribution in [1.82, 2.24) is 10.5 Å². The van der Waals surface area contributed by atoms with E-state index >= 15 is 0 Å². The Bertz CT molecular complexity index is 380. The molecule has 0 saturated heterocycles. The highest BCUT2D eigenvalue weighted by molar-refractivity contribution is 5.72. The molecule has 0 bridgehead atoms. The lowest BCUT2D eigenvalue weighted by atomic mass is 10.2. The molecule has 0 aromatic heterocycles. The Morgan fingerprint density at radius 1 is 1.29 bits per heavy atom. The number of amides is 2. The van der Waals surface area contributed by atoms with E-state index in [1.54, 1.807) is 0 Å². The second-order valence-electron chi connectivity index (χ2n) is 3.27. The van der Waals surface area contributed by atoms with Gasteiger partial charge < -0.3 is 4.74 Å². The van der Waals surface area contributed by atoms with Crippen LogP contribution in [0.25, 0.3) is 0 Å². The molecule has 6 heteroatoms. The SMILES string of the molecule is CC(=O)N(C)ONC(=O)OCc1ccccc1. The van der Waals surface area contributed by atoms with E-state index in [2.05, 4.69) is 4.94 Å². The van der Waals surface area contributed by atoms with Gasteiger partial charge in [-0.15, -0.1) is 4.94 Å². The van der Waals surface area contributed by atoms with Gasteiger partial charge in [-0.05, 0) is 5.56 Å². The van der Waals surface area contributed by atoms with Gasteiger partial charge in [0.05, 0.1) is 0 Å². The van der Waals surface area contributed by atoms with E-state index in [1.165, 1.54) is 14.0 Å². The van der Waals surface area contributed by atoms with Gasteiger partial charge in [0.25, 0.3) is 0 Å². The van der Waals surface area contributed by atoms with Crippen molar-refractivity contribution < 1.29 is 19.3 Å². The first-order valence-corrected chi connectivity index (χ1v) is 4.97. The Labute approximate surface area is 99.0 Å². The maximum absolute atomic E-state index is 11.1. The number of benzene rings is 1. The molecule has 0 aliphatic rings. The minimum Gasteiger partial charge on any atom is -0.443 e. The molecule has 0 heterocycles. The van der Waals surface area contributed by atoms with Crippen LogP contribution in [0.2, 0.25) is 0 Å². The smallest absolute Gasteiger partial charge is 0.433 e. The van der Waals surface area contributed by atoms with E-state index in [9.17, 15) is 9.59 Å². The zero-order valence-electron chi connectivity index (χ0n) is 9.67. The average Bonchev–Trinajstić information content (AvgIpc) is 2.34. The molecule has 0 radical (unpaired) electrons. The molecule has 0 saturated carbocycles. The Balaban J connectivity index is 2.24. The minimum absolute atomic E-state index is 0.139. The molecule has 1 rings (SSSR count). The van der Waals surface area contributed by atoms with Crippen LogP contribution in [0.3, 0.4) is 0 Å². The van der Waals surface area contributed by atoms with Crippen LogP contribution in [0.15, 0.2) is 30.3 Å². The van der Waals surface area contributed by atoms with Gasteiger partial charge in [0.15, 0.2) is 0 Å². The van der Waals surface area contributed by atoms with Crippen molar-refractivity contribution in [1.29, 1.82) is 0 Å². The Morgan fingerprint density at radius 2 is 1.94 bits per heavy atom. The van der Waals surface area contributed by atoms with Crippen molar-refractivity contribution >= 4 is 12.0 Å². The first kappa shape index (κ1) is 13.0. The minimum atomic E-state index is -0.762. The van der Waals surface area contributed by atoms with Crippen LogP contribution in [0.1, 0.15) is 12.5 Å². The van der Waals surface area contributed by atoms with Gasteiger partial charge in [-0.1, -0.05) is 30.3 Å². The molecule has 17 heavy (non-hydrogen) atoms. The van der Waals surface area contributed by atoms with Crippen LogP contribution in [-0.4, -0.2) is 24.1 Å². The van der Waals surface area contributed by atoms with Crippen LogP contribution in [0.5, 0.6) is 0 Å². The van der Waals surface area contributed by atoms with Gasteiger partial charge in [-0.25, -0.2) is 4.79 Å². The van der Waals surface area contributed by atoms with Gasteiger partial charge in [-0.2, -0.15) is 10.5 Å². The van der Waals surface area contributed by atoms with Crippen LogP contribution in [0.4, 0.5) is 4.79 Å². The summed E-state index contributed by atoms with van der Waals surface area (Å²) in [5.74, 6) is -0.339. The molecule has 0 atom stereocenters. The predicted molar refractivity (Wildman–Crippen MR) is 59.3 cm³/mol. The second kappa shape index (κ2) is 6.49. The molecule has 0 spiro atoms. The summed E-state index contributed by atoms with van der Waals surface area (Å²) < 4.78 is 4.85. The number of rotatable bonds is 4. The van der Waals surface area contributed by atoms with Gasteiger partial charge in [0.2, 0.25) is 5.91 Å². The summed E-state index contributed by atoms with van der Waals surface area (Å²) in [4.78, 5) is 26.5. The van der Waals surface area contributed by atoms with E-state index in [0.717, 1.165) is 10.6 Å². The van der Waals surface area contributed by atoms with Crippen molar-refractivity contribution in [3.05, 3.63) is 35.9 Å². The van der Waals surface area contributed by atoms with Gasteiger partial charge in [0, 0.05) is 14.0 Å². The first-order chi connectivity index (χ1) is 8.09. The highest BCUT2D eigenvalue weighted by Gasteiger charge is 2.07. The highest BCUT2D eigenvalue weighted by atomic mass is 16.8. The topological polar surface area (TPSA) is 67.9 Å². The Kier molecular flexibility index (Phi) is 4.96. The van der Waals surface area contributed by atoms with Gasteiger partial charge >= 0.3 is 6.09 Å². The van der Waals surface area contributed by atoms with Crippen LogP contribution < -0.4 is 5.48 Å². The molecule has 92 valence electrons. The second-order valence-corrected chi connectivity index (χ2v) is 3.27. The van der Waals surface area contributed by atoms with Gasteiger partial charge in [0.1, 0.15) is 6.61 Å². The van der Waals surface area contributed by atoms with Crippen molar-refractivity contribution in [2.24, 2.45) is 0 Å². The van der Waals surface area contributed by atoms with E-state index in [-0.39, 0.29) is 12.5 Å². The third kappa shape index (κ3) is 4.98. The third-order valence-electron chi connectivity index (χ3n) is 1.92. The van der Waals surface area contributed by atoms with Gasteiger partial charge in [-0.3, -0.25) is 4.79 Å². The normalized spacial score (nSPS) is 9.53. The van der Waals surface area contributed by atoms with E-state index < -0.39 is 6.09 Å². The molecule has 0 unspecified atom stereocenters. The highest BCUT2D eigenvalue weighted by Crippen LogP contribution is 2.00. The summed E-state index contributed by atoms with van der Waals surface area (Å²) in [6.45, 7) is 1.44. The quantitative estimate of drug-likeness (QED) is 0.801. The summed E-state index contributed by atoms with van der Waals surface area (Å²) in [5.41, 5.74) is 2.84. The largest absolute Gasteiger partial charge is 0.443 e. The Hall–Kier alpha value is -2.08. The number of nitrogens with one attached hydrogen (secondary N) is 1.